The van der Waals surface area contributed by atoms with E-state index in [0.29, 0.717) is 22.2 Å². The second-order valence-corrected chi connectivity index (χ2v) is 11.0. The average molecular weight is 529 g/mol. The molecule has 1 N–H and O–H groups in total. The SMILES string of the molecule is CCCCNC(=O)[C@@H](C)N(Cc1c(Cl)cccc1Cl)C(=O)CN(C)S(=O)(=O)c1ccc(C)cc1. The molecule has 186 valence electrons. The molecule has 10 heteroatoms. The maximum Gasteiger partial charge on any atom is 0.243 e. The molecule has 0 fully saturated rings. The first-order valence-corrected chi connectivity index (χ1v) is 13.2. The number of carbonyl (C=O) groups excluding carboxylic acids is 2. The summed E-state index contributed by atoms with van der Waals surface area (Å²) in [6.45, 7) is 5.45. The third kappa shape index (κ3) is 7.18. The Kier molecular flexibility index (Phi) is 10.4. The standard InChI is InChI=1S/C24H31Cl2N3O4S/c1-5-6-14-27-24(31)18(3)29(15-20-21(25)8-7-9-22(20)26)23(30)16-28(4)34(32,33)19-12-10-17(2)11-13-19/h7-13,18H,5-6,14-16H2,1-4H3,(H,27,31)/t18-/m1/s1. The van der Waals surface area contributed by atoms with Crippen LogP contribution in [0.25, 0.3) is 0 Å². The molecule has 0 aliphatic carbocycles. The third-order valence-electron chi connectivity index (χ3n) is 5.47. The average Bonchev–Trinajstić information content (AvgIpc) is 2.78. The Hall–Kier alpha value is -2.13. The van der Waals surface area contributed by atoms with Crippen molar-refractivity contribution in [3.05, 3.63) is 63.6 Å². The number of nitrogens with zero attached hydrogens (tertiary/aromatic N) is 2. The highest BCUT2D eigenvalue weighted by atomic mass is 35.5. The maximum absolute atomic E-state index is 13.3. The third-order valence-corrected chi connectivity index (χ3v) is 8.00. The van der Waals surface area contributed by atoms with E-state index in [2.05, 4.69) is 5.32 Å². The van der Waals surface area contributed by atoms with E-state index in [-0.39, 0.29) is 17.3 Å². The van der Waals surface area contributed by atoms with Gasteiger partial charge in [0, 0.05) is 35.7 Å². The van der Waals surface area contributed by atoms with E-state index in [4.69, 9.17) is 23.2 Å². The Morgan fingerprint density at radius 3 is 2.21 bits per heavy atom. The van der Waals surface area contributed by atoms with Gasteiger partial charge in [-0.1, -0.05) is 60.3 Å². The molecule has 0 aromatic heterocycles. The number of nitrogens with one attached hydrogen (secondary N) is 1. The van der Waals surface area contributed by atoms with Gasteiger partial charge in [0.15, 0.2) is 0 Å². The van der Waals surface area contributed by atoms with Crippen molar-refractivity contribution in [2.24, 2.45) is 0 Å². The van der Waals surface area contributed by atoms with Crippen molar-refractivity contribution in [1.29, 1.82) is 0 Å². The largest absolute Gasteiger partial charge is 0.354 e. The molecular weight excluding hydrogens is 497 g/mol. The van der Waals surface area contributed by atoms with Gasteiger partial charge in [0.2, 0.25) is 21.8 Å². The minimum absolute atomic E-state index is 0.0435. The van der Waals surface area contributed by atoms with Gasteiger partial charge in [-0.25, -0.2) is 8.42 Å². The second kappa shape index (κ2) is 12.5. The summed E-state index contributed by atoms with van der Waals surface area (Å²) in [6.07, 6.45) is 1.72. The zero-order valence-electron chi connectivity index (χ0n) is 19.8. The van der Waals surface area contributed by atoms with Crippen molar-refractivity contribution >= 4 is 45.0 Å². The minimum Gasteiger partial charge on any atom is -0.354 e. The molecule has 2 rings (SSSR count). The fraction of sp³-hybridized carbons (Fsp3) is 0.417. The summed E-state index contributed by atoms with van der Waals surface area (Å²) in [4.78, 5) is 27.5. The highest BCUT2D eigenvalue weighted by Gasteiger charge is 2.31. The van der Waals surface area contributed by atoms with E-state index in [9.17, 15) is 18.0 Å². The lowest BCUT2D eigenvalue weighted by molar-refractivity contribution is -0.140. The first kappa shape index (κ1) is 28.1. The van der Waals surface area contributed by atoms with Crippen molar-refractivity contribution in [3.8, 4) is 0 Å². The monoisotopic (exact) mass is 527 g/mol. The molecule has 1 atom stereocenters. The molecule has 0 aliphatic rings. The van der Waals surface area contributed by atoms with Crippen LogP contribution in [0.5, 0.6) is 0 Å². The van der Waals surface area contributed by atoms with Gasteiger partial charge in [-0.05, 0) is 44.5 Å². The Morgan fingerprint density at radius 2 is 1.65 bits per heavy atom. The summed E-state index contributed by atoms with van der Waals surface area (Å²) in [5, 5.41) is 3.52. The van der Waals surface area contributed by atoms with E-state index in [1.165, 1.54) is 24.1 Å². The lowest BCUT2D eigenvalue weighted by Crippen LogP contribution is -2.50. The van der Waals surface area contributed by atoms with Gasteiger partial charge in [-0.3, -0.25) is 9.59 Å². The number of amides is 2. The minimum atomic E-state index is -3.90. The zero-order chi connectivity index (χ0) is 25.5. The molecule has 0 radical (unpaired) electrons. The van der Waals surface area contributed by atoms with Gasteiger partial charge in [-0.2, -0.15) is 4.31 Å². The Labute approximate surface area is 212 Å². The number of unbranched alkanes of at least 4 members (excludes halogenated alkanes) is 1. The van der Waals surface area contributed by atoms with Crippen molar-refractivity contribution in [1.82, 2.24) is 14.5 Å². The lowest BCUT2D eigenvalue weighted by Gasteiger charge is -2.31. The molecule has 0 heterocycles. The predicted molar refractivity (Wildman–Crippen MR) is 135 cm³/mol. The molecule has 0 spiro atoms. The van der Waals surface area contributed by atoms with E-state index in [1.807, 2.05) is 13.8 Å². The van der Waals surface area contributed by atoms with Crippen LogP contribution in [0.4, 0.5) is 0 Å². The highest BCUT2D eigenvalue weighted by molar-refractivity contribution is 7.89. The number of benzene rings is 2. The summed E-state index contributed by atoms with van der Waals surface area (Å²) in [6, 6.07) is 10.5. The molecule has 34 heavy (non-hydrogen) atoms. The van der Waals surface area contributed by atoms with Crippen LogP contribution in [0.2, 0.25) is 10.0 Å². The fourth-order valence-corrected chi connectivity index (χ4v) is 4.87. The molecule has 0 unspecified atom stereocenters. The van der Waals surface area contributed by atoms with Crippen LogP contribution in [0.3, 0.4) is 0 Å². The van der Waals surface area contributed by atoms with E-state index >= 15 is 0 Å². The molecule has 0 saturated heterocycles. The molecule has 0 bridgehead atoms. The highest BCUT2D eigenvalue weighted by Crippen LogP contribution is 2.27. The van der Waals surface area contributed by atoms with Crippen LogP contribution in [0, 0.1) is 6.92 Å². The van der Waals surface area contributed by atoms with Crippen LogP contribution in [0.1, 0.15) is 37.8 Å². The van der Waals surface area contributed by atoms with Crippen molar-refractivity contribution in [2.75, 3.05) is 20.1 Å². The molecule has 2 amide bonds. The number of hydrogen-bond acceptors (Lipinski definition) is 4. The van der Waals surface area contributed by atoms with Crippen molar-refractivity contribution < 1.29 is 18.0 Å². The van der Waals surface area contributed by atoms with Gasteiger partial charge in [0.05, 0.1) is 11.4 Å². The Balaban J connectivity index is 2.30. The smallest absolute Gasteiger partial charge is 0.243 e. The number of halogens is 2. The van der Waals surface area contributed by atoms with Gasteiger partial charge in [-0.15, -0.1) is 0 Å². The Morgan fingerprint density at radius 1 is 1.06 bits per heavy atom. The molecule has 2 aromatic rings. The van der Waals surface area contributed by atoms with E-state index in [0.717, 1.165) is 22.7 Å². The number of sulfonamides is 1. The van der Waals surface area contributed by atoms with Crippen molar-refractivity contribution in [3.63, 3.8) is 0 Å². The summed E-state index contributed by atoms with van der Waals surface area (Å²) < 4.78 is 26.9. The van der Waals surface area contributed by atoms with Crippen LogP contribution >= 0.6 is 23.2 Å². The summed E-state index contributed by atoms with van der Waals surface area (Å²) in [5.41, 5.74) is 1.40. The van der Waals surface area contributed by atoms with Gasteiger partial charge in [0.25, 0.3) is 0 Å². The van der Waals surface area contributed by atoms with Crippen LogP contribution in [0.15, 0.2) is 47.4 Å². The molecule has 2 aromatic carbocycles. The zero-order valence-corrected chi connectivity index (χ0v) is 22.2. The van der Waals surface area contributed by atoms with Gasteiger partial charge >= 0.3 is 0 Å². The quantitative estimate of drug-likeness (QED) is 0.442. The second-order valence-electron chi connectivity index (χ2n) is 8.12. The first-order chi connectivity index (χ1) is 16.0. The number of rotatable bonds is 11. The predicted octanol–water partition coefficient (Wildman–Crippen LogP) is 4.26. The maximum atomic E-state index is 13.3. The summed E-state index contributed by atoms with van der Waals surface area (Å²) >= 11 is 12.6. The van der Waals surface area contributed by atoms with Crippen LogP contribution < -0.4 is 5.32 Å². The summed E-state index contributed by atoms with van der Waals surface area (Å²) in [5.74, 6) is -0.888. The van der Waals surface area contributed by atoms with Crippen molar-refractivity contribution in [2.45, 2.75) is 51.1 Å². The molecule has 0 aliphatic heterocycles. The molecule has 0 saturated carbocycles. The molecular formula is C24H31Cl2N3O4S. The topological polar surface area (TPSA) is 86.8 Å². The number of likely N-dealkylation sites (N-methyl/N-ethyl adjacent to an activating group) is 1. The first-order valence-electron chi connectivity index (χ1n) is 11.0. The summed E-state index contributed by atoms with van der Waals surface area (Å²) in [7, 11) is -2.57. The fourth-order valence-electron chi connectivity index (χ4n) is 3.23. The van der Waals surface area contributed by atoms with E-state index < -0.39 is 28.5 Å². The number of carbonyl (C=O) groups is 2. The number of aryl methyl sites for hydroxylation is 1. The van der Waals surface area contributed by atoms with E-state index in [1.54, 1.807) is 37.3 Å². The lowest BCUT2D eigenvalue weighted by atomic mass is 10.1. The van der Waals surface area contributed by atoms with Crippen LogP contribution in [-0.2, 0) is 26.2 Å². The normalized spacial score (nSPS) is 12.4. The van der Waals surface area contributed by atoms with Gasteiger partial charge in [0.1, 0.15) is 6.04 Å². The Bertz CT molecular complexity index is 1090. The number of hydrogen-bond donors (Lipinski definition) is 1. The van der Waals surface area contributed by atoms with Gasteiger partial charge < -0.3 is 10.2 Å². The van der Waals surface area contributed by atoms with Crippen LogP contribution in [-0.4, -0.2) is 55.6 Å². The molecule has 7 nitrogen and oxygen atoms in total.